The average Bonchev–Trinajstić information content (AvgIpc) is 3.08. The van der Waals surface area contributed by atoms with E-state index < -0.39 is 0 Å². The van der Waals surface area contributed by atoms with Gasteiger partial charge in [-0.25, -0.2) is 4.98 Å². The highest BCUT2D eigenvalue weighted by Gasteiger charge is 2.22. The third kappa shape index (κ3) is 3.54. The van der Waals surface area contributed by atoms with Gasteiger partial charge in [-0.3, -0.25) is 14.5 Å². The predicted octanol–water partition coefficient (Wildman–Crippen LogP) is 1.89. The Morgan fingerprint density at radius 1 is 1.26 bits per heavy atom. The molecule has 8 nitrogen and oxygen atoms in total. The third-order valence-corrected chi connectivity index (χ3v) is 4.93. The number of ether oxygens (including phenoxy) is 1. The molecule has 0 radical (unpaired) electrons. The largest absolute Gasteiger partial charge is 0.390 e. The molecule has 1 aliphatic heterocycles. The van der Waals surface area contributed by atoms with Gasteiger partial charge in [-0.05, 0) is 25.0 Å². The van der Waals surface area contributed by atoms with E-state index in [0.717, 1.165) is 40.6 Å². The first kappa shape index (κ1) is 17.6. The molecule has 4 rings (SSSR count). The van der Waals surface area contributed by atoms with E-state index in [1.54, 1.807) is 30.3 Å². The number of carbonyl (C=O) groups excluding carboxylic acids is 1. The lowest BCUT2D eigenvalue weighted by atomic mass is 9.99. The number of amides is 1. The second kappa shape index (κ2) is 7.42. The molecule has 1 fully saturated rings. The van der Waals surface area contributed by atoms with E-state index in [9.17, 15) is 9.90 Å². The number of rotatable bonds is 4. The fourth-order valence-electron chi connectivity index (χ4n) is 3.33. The lowest BCUT2D eigenvalue weighted by molar-refractivity contribution is -0.122. The molecule has 140 valence electrons. The summed E-state index contributed by atoms with van der Waals surface area (Å²) in [6.45, 7) is 1.14. The molecule has 0 aromatic carbocycles. The lowest BCUT2D eigenvalue weighted by Gasteiger charge is -2.20. The number of hydrogen-bond donors (Lipinski definition) is 2. The summed E-state index contributed by atoms with van der Waals surface area (Å²) in [5.41, 5.74) is 3.14. The van der Waals surface area contributed by atoms with Crippen LogP contribution >= 0.6 is 0 Å². The van der Waals surface area contributed by atoms with Crippen LogP contribution in [0.4, 0.5) is 5.82 Å². The number of nitrogens with zero attached hydrogens (tertiary/aromatic N) is 4. The van der Waals surface area contributed by atoms with E-state index in [1.807, 2.05) is 12.1 Å². The molecule has 2 N–H and O–H groups in total. The van der Waals surface area contributed by atoms with Crippen LogP contribution in [-0.4, -0.2) is 44.0 Å². The van der Waals surface area contributed by atoms with Gasteiger partial charge in [-0.15, -0.1) is 0 Å². The van der Waals surface area contributed by atoms with Gasteiger partial charge in [-0.2, -0.15) is 5.10 Å². The minimum atomic E-state index is -0.105. The normalized spacial score (nSPS) is 15.2. The summed E-state index contributed by atoms with van der Waals surface area (Å²) in [4.78, 5) is 21.2. The Balaban J connectivity index is 1.62. The zero-order chi connectivity index (χ0) is 18.8. The SMILES string of the molecule is Cn1ncc(-c2cnc3cnc(NC(=O)C4CCOCC4)cc3c2)c1CO. The summed E-state index contributed by atoms with van der Waals surface area (Å²) in [5, 5.41) is 17.5. The van der Waals surface area contributed by atoms with Crippen molar-refractivity contribution >= 4 is 22.6 Å². The first-order valence-electron chi connectivity index (χ1n) is 8.92. The van der Waals surface area contributed by atoms with Crippen molar-refractivity contribution in [1.82, 2.24) is 19.7 Å². The van der Waals surface area contributed by atoms with Crippen LogP contribution in [0.3, 0.4) is 0 Å². The molecule has 8 heteroatoms. The number of anilines is 1. The fraction of sp³-hybridized carbons (Fsp3) is 0.368. The fourth-order valence-corrected chi connectivity index (χ4v) is 3.33. The molecule has 3 aromatic heterocycles. The molecular weight excluding hydrogens is 346 g/mol. The van der Waals surface area contributed by atoms with Crippen molar-refractivity contribution in [3.8, 4) is 11.1 Å². The van der Waals surface area contributed by atoms with Gasteiger partial charge in [0.05, 0.1) is 30.2 Å². The number of carbonyl (C=O) groups is 1. The summed E-state index contributed by atoms with van der Waals surface area (Å²) in [6.07, 6.45) is 6.56. The number of pyridine rings is 2. The molecule has 1 aliphatic rings. The zero-order valence-electron chi connectivity index (χ0n) is 15.1. The van der Waals surface area contributed by atoms with E-state index in [-0.39, 0.29) is 18.4 Å². The van der Waals surface area contributed by atoms with Gasteiger partial charge in [0, 0.05) is 48.9 Å². The van der Waals surface area contributed by atoms with E-state index in [4.69, 9.17) is 4.74 Å². The van der Waals surface area contributed by atoms with Crippen molar-refractivity contribution in [2.45, 2.75) is 19.4 Å². The van der Waals surface area contributed by atoms with Crippen molar-refractivity contribution in [2.24, 2.45) is 13.0 Å². The molecule has 4 heterocycles. The quantitative estimate of drug-likeness (QED) is 0.730. The van der Waals surface area contributed by atoms with Crippen LogP contribution in [-0.2, 0) is 23.2 Å². The van der Waals surface area contributed by atoms with E-state index >= 15 is 0 Å². The maximum absolute atomic E-state index is 12.4. The van der Waals surface area contributed by atoms with Crippen LogP contribution in [0.15, 0.2) is 30.7 Å². The van der Waals surface area contributed by atoms with Crippen LogP contribution < -0.4 is 5.32 Å². The molecule has 0 spiro atoms. The van der Waals surface area contributed by atoms with E-state index in [2.05, 4.69) is 20.4 Å². The summed E-state index contributed by atoms with van der Waals surface area (Å²) in [6, 6.07) is 3.78. The summed E-state index contributed by atoms with van der Waals surface area (Å²) in [5.74, 6) is 0.443. The Morgan fingerprint density at radius 3 is 2.85 bits per heavy atom. The van der Waals surface area contributed by atoms with Crippen LogP contribution in [0.1, 0.15) is 18.5 Å². The molecule has 3 aromatic rings. The van der Waals surface area contributed by atoms with Crippen LogP contribution in [0.25, 0.3) is 22.0 Å². The lowest BCUT2D eigenvalue weighted by Crippen LogP contribution is -2.28. The zero-order valence-corrected chi connectivity index (χ0v) is 15.1. The molecule has 0 atom stereocenters. The Bertz CT molecular complexity index is 979. The van der Waals surface area contributed by atoms with Gasteiger partial charge >= 0.3 is 0 Å². The highest BCUT2D eigenvalue weighted by Crippen LogP contribution is 2.26. The molecule has 1 saturated heterocycles. The second-order valence-electron chi connectivity index (χ2n) is 6.65. The summed E-state index contributed by atoms with van der Waals surface area (Å²) >= 11 is 0. The predicted molar refractivity (Wildman–Crippen MR) is 99.8 cm³/mol. The summed E-state index contributed by atoms with van der Waals surface area (Å²) < 4.78 is 6.95. The highest BCUT2D eigenvalue weighted by atomic mass is 16.5. The van der Waals surface area contributed by atoms with Crippen molar-refractivity contribution < 1.29 is 14.6 Å². The smallest absolute Gasteiger partial charge is 0.228 e. The average molecular weight is 367 g/mol. The monoisotopic (exact) mass is 367 g/mol. The van der Waals surface area contributed by atoms with Crippen molar-refractivity contribution in [3.63, 3.8) is 0 Å². The van der Waals surface area contributed by atoms with Gasteiger partial charge < -0.3 is 15.2 Å². The van der Waals surface area contributed by atoms with Crippen molar-refractivity contribution in [1.29, 1.82) is 0 Å². The van der Waals surface area contributed by atoms with Crippen LogP contribution in [0.5, 0.6) is 0 Å². The molecule has 0 saturated carbocycles. The Kier molecular flexibility index (Phi) is 4.83. The highest BCUT2D eigenvalue weighted by molar-refractivity contribution is 5.94. The number of aryl methyl sites for hydroxylation is 1. The summed E-state index contributed by atoms with van der Waals surface area (Å²) in [7, 11) is 1.79. The second-order valence-corrected chi connectivity index (χ2v) is 6.65. The standard InChI is InChI=1S/C19H21N5O3/c1-24-17(11-25)15(9-22-24)14-6-13-7-18(21-10-16(13)20-8-14)23-19(26)12-2-4-27-5-3-12/h6-10,12,25H,2-5,11H2,1H3,(H,21,23,26). The molecule has 0 unspecified atom stereocenters. The topological polar surface area (TPSA) is 102 Å². The van der Waals surface area contributed by atoms with Gasteiger partial charge in [0.25, 0.3) is 0 Å². The van der Waals surface area contributed by atoms with Gasteiger partial charge in [0.1, 0.15) is 5.82 Å². The number of hydrogen-bond acceptors (Lipinski definition) is 6. The van der Waals surface area contributed by atoms with Crippen LogP contribution in [0.2, 0.25) is 0 Å². The van der Waals surface area contributed by atoms with Crippen LogP contribution in [0, 0.1) is 5.92 Å². The van der Waals surface area contributed by atoms with E-state index in [1.165, 1.54) is 0 Å². The number of aromatic nitrogens is 4. The minimum absolute atomic E-state index is 0.0240. The van der Waals surface area contributed by atoms with E-state index in [0.29, 0.717) is 19.0 Å². The molecule has 0 aliphatic carbocycles. The maximum atomic E-state index is 12.4. The number of fused-ring (bicyclic) bond motifs is 1. The number of nitrogens with one attached hydrogen (secondary N) is 1. The Labute approximate surface area is 156 Å². The third-order valence-electron chi connectivity index (χ3n) is 4.93. The molecular formula is C19H21N5O3. The minimum Gasteiger partial charge on any atom is -0.390 e. The van der Waals surface area contributed by atoms with Gasteiger partial charge in [0.2, 0.25) is 5.91 Å². The number of aliphatic hydroxyl groups excluding tert-OH is 1. The molecule has 1 amide bonds. The van der Waals surface area contributed by atoms with Crippen molar-refractivity contribution in [3.05, 3.63) is 36.4 Å². The molecule has 0 bridgehead atoms. The Morgan fingerprint density at radius 2 is 2.07 bits per heavy atom. The molecule has 27 heavy (non-hydrogen) atoms. The number of aliphatic hydroxyl groups is 1. The maximum Gasteiger partial charge on any atom is 0.228 e. The first-order chi connectivity index (χ1) is 13.2. The van der Waals surface area contributed by atoms with Crippen molar-refractivity contribution in [2.75, 3.05) is 18.5 Å². The Hall–Kier alpha value is -2.84. The van der Waals surface area contributed by atoms with Gasteiger partial charge in [-0.1, -0.05) is 0 Å². The van der Waals surface area contributed by atoms with Gasteiger partial charge in [0.15, 0.2) is 0 Å². The first-order valence-corrected chi connectivity index (χ1v) is 8.92.